The number of carbonyl (C=O) groups is 1. The molecule has 4 heteroatoms. The van der Waals surface area contributed by atoms with E-state index in [-0.39, 0.29) is 5.91 Å². The number of amides is 1. The summed E-state index contributed by atoms with van der Waals surface area (Å²) in [4.78, 5) is 14.3. The molecule has 0 aliphatic rings. The van der Waals surface area contributed by atoms with Crippen LogP contribution in [0.1, 0.15) is 25.8 Å². The lowest BCUT2D eigenvalue weighted by molar-refractivity contribution is -0.115. The molecule has 0 spiro atoms. The Morgan fingerprint density at radius 2 is 1.75 bits per heavy atom. The first kappa shape index (κ1) is 17.9. The fourth-order valence-corrected chi connectivity index (χ4v) is 2.69. The number of nitrogens with zero attached hydrogens (tertiary/aromatic N) is 1. The lowest BCUT2D eigenvalue weighted by atomic mass is 10.1. The van der Waals surface area contributed by atoms with Crippen LogP contribution in [-0.2, 0) is 4.79 Å². The summed E-state index contributed by atoms with van der Waals surface area (Å²) in [6, 6.07) is 16.0. The number of nitrogens with one attached hydrogen (secondary N) is 2. The number of benzene rings is 2. The molecule has 0 unspecified atom stereocenters. The van der Waals surface area contributed by atoms with Gasteiger partial charge in [0, 0.05) is 43.1 Å². The third kappa shape index (κ3) is 5.01. The first-order valence-electron chi connectivity index (χ1n) is 8.58. The standard InChI is InChI=1S/C20H27N3O/c1-4-23(5-2)18-11-12-19(16(3)15-18)21-14-13-20(24)22-17-9-7-6-8-10-17/h6-12,15,21H,4-5,13-14H2,1-3H3,(H,22,24). The molecule has 2 rings (SSSR count). The molecule has 0 atom stereocenters. The number of para-hydroxylation sites is 1. The van der Waals surface area contributed by atoms with Gasteiger partial charge in [0.25, 0.3) is 0 Å². The molecule has 2 N–H and O–H groups in total. The predicted octanol–water partition coefficient (Wildman–Crippen LogP) is 4.28. The molecule has 0 fully saturated rings. The minimum Gasteiger partial charge on any atom is -0.384 e. The quantitative estimate of drug-likeness (QED) is 0.761. The molecule has 2 aromatic carbocycles. The highest BCUT2D eigenvalue weighted by molar-refractivity contribution is 5.90. The fraction of sp³-hybridized carbons (Fsp3) is 0.350. The van der Waals surface area contributed by atoms with Crippen molar-refractivity contribution in [3.8, 4) is 0 Å². The largest absolute Gasteiger partial charge is 0.384 e. The number of carbonyl (C=O) groups excluding carboxylic acids is 1. The third-order valence-corrected chi connectivity index (χ3v) is 4.06. The van der Waals surface area contributed by atoms with Gasteiger partial charge in [-0.2, -0.15) is 0 Å². The number of hydrogen-bond acceptors (Lipinski definition) is 3. The van der Waals surface area contributed by atoms with Gasteiger partial charge in [-0.05, 0) is 56.7 Å². The van der Waals surface area contributed by atoms with Crippen molar-refractivity contribution in [3.05, 3.63) is 54.1 Å². The summed E-state index contributed by atoms with van der Waals surface area (Å²) in [6.07, 6.45) is 0.437. The van der Waals surface area contributed by atoms with Gasteiger partial charge in [-0.3, -0.25) is 4.79 Å². The van der Waals surface area contributed by atoms with Crippen molar-refractivity contribution in [3.63, 3.8) is 0 Å². The molecule has 24 heavy (non-hydrogen) atoms. The van der Waals surface area contributed by atoms with E-state index >= 15 is 0 Å². The molecule has 0 saturated heterocycles. The highest BCUT2D eigenvalue weighted by Crippen LogP contribution is 2.22. The van der Waals surface area contributed by atoms with E-state index < -0.39 is 0 Å². The number of aryl methyl sites for hydroxylation is 1. The van der Waals surface area contributed by atoms with Crippen molar-refractivity contribution in [2.24, 2.45) is 0 Å². The summed E-state index contributed by atoms with van der Waals surface area (Å²) in [5.74, 6) is 0.0196. The maximum absolute atomic E-state index is 12.0. The maximum atomic E-state index is 12.0. The molecule has 0 radical (unpaired) electrons. The molecular formula is C20H27N3O. The van der Waals surface area contributed by atoms with Crippen molar-refractivity contribution < 1.29 is 4.79 Å². The second-order valence-electron chi connectivity index (χ2n) is 5.76. The average Bonchev–Trinajstić information content (AvgIpc) is 2.59. The summed E-state index contributed by atoms with van der Waals surface area (Å²) in [5.41, 5.74) is 4.36. The molecule has 2 aromatic rings. The van der Waals surface area contributed by atoms with Gasteiger partial charge in [-0.1, -0.05) is 18.2 Å². The Kier molecular flexibility index (Phi) is 6.67. The molecule has 4 nitrogen and oxygen atoms in total. The highest BCUT2D eigenvalue weighted by Gasteiger charge is 2.06. The minimum atomic E-state index is 0.0196. The van der Waals surface area contributed by atoms with E-state index in [1.165, 1.54) is 11.3 Å². The lowest BCUT2D eigenvalue weighted by Crippen LogP contribution is -2.22. The van der Waals surface area contributed by atoms with Gasteiger partial charge in [-0.15, -0.1) is 0 Å². The summed E-state index contributed by atoms with van der Waals surface area (Å²) in [7, 11) is 0. The molecule has 128 valence electrons. The maximum Gasteiger partial charge on any atom is 0.226 e. The van der Waals surface area contributed by atoms with E-state index in [1.807, 2.05) is 30.3 Å². The zero-order valence-corrected chi connectivity index (χ0v) is 14.8. The molecule has 0 aliphatic heterocycles. The zero-order chi connectivity index (χ0) is 17.4. The Balaban J connectivity index is 1.85. The number of hydrogen-bond donors (Lipinski definition) is 2. The Morgan fingerprint density at radius 3 is 2.38 bits per heavy atom. The zero-order valence-electron chi connectivity index (χ0n) is 14.8. The van der Waals surface area contributed by atoms with Crippen molar-refractivity contribution in [2.45, 2.75) is 27.2 Å². The Hall–Kier alpha value is -2.49. The summed E-state index contributed by atoms with van der Waals surface area (Å²) in [6.45, 7) is 9.04. The molecule has 0 aromatic heterocycles. The van der Waals surface area contributed by atoms with E-state index in [2.05, 4.69) is 54.5 Å². The van der Waals surface area contributed by atoms with Gasteiger partial charge < -0.3 is 15.5 Å². The van der Waals surface area contributed by atoms with Crippen molar-refractivity contribution in [2.75, 3.05) is 35.2 Å². The van der Waals surface area contributed by atoms with Crippen LogP contribution in [0.2, 0.25) is 0 Å². The highest BCUT2D eigenvalue weighted by atomic mass is 16.1. The Morgan fingerprint density at radius 1 is 1.04 bits per heavy atom. The minimum absolute atomic E-state index is 0.0196. The Labute approximate surface area is 144 Å². The summed E-state index contributed by atoms with van der Waals surface area (Å²) in [5, 5.41) is 6.25. The van der Waals surface area contributed by atoms with E-state index in [9.17, 15) is 4.79 Å². The van der Waals surface area contributed by atoms with Crippen LogP contribution in [-0.4, -0.2) is 25.5 Å². The topological polar surface area (TPSA) is 44.4 Å². The van der Waals surface area contributed by atoms with Crippen molar-refractivity contribution in [1.82, 2.24) is 0 Å². The van der Waals surface area contributed by atoms with Crippen LogP contribution in [0, 0.1) is 6.92 Å². The van der Waals surface area contributed by atoms with Crippen molar-refractivity contribution in [1.29, 1.82) is 0 Å². The van der Waals surface area contributed by atoms with Gasteiger partial charge in [0.15, 0.2) is 0 Å². The average molecular weight is 325 g/mol. The monoisotopic (exact) mass is 325 g/mol. The molecule has 1 amide bonds. The molecule has 0 saturated carbocycles. The van der Waals surface area contributed by atoms with Crippen LogP contribution < -0.4 is 15.5 Å². The smallest absolute Gasteiger partial charge is 0.226 e. The third-order valence-electron chi connectivity index (χ3n) is 4.06. The molecule has 0 bridgehead atoms. The van der Waals surface area contributed by atoms with Crippen LogP contribution in [0.5, 0.6) is 0 Å². The van der Waals surface area contributed by atoms with Gasteiger partial charge >= 0.3 is 0 Å². The van der Waals surface area contributed by atoms with E-state index in [0.717, 1.165) is 24.5 Å². The first-order chi connectivity index (χ1) is 11.6. The molecule has 0 aliphatic carbocycles. The molecular weight excluding hydrogens is 298 g/mol. The second kappa shape index (κ2) is 8.96. The van der Waals surface area contributed by atoms with Gasteiger partial charge in [0.05, 0.1) is 0 Å². The van der Waals surface area contributed by atoms with Crippen LogP contribution in [0.4, 0.5) is 17.1 Å². The second-order valence-corrected chi connectivity index (χ2v) is 5.76. The first-order valence-corrected chi connectivity index (χ1v) is 8.58. The lowest BCUT2D eigenvalue weighted by Gasteiger charge is -2.22. The fourth-order valence-electron chi connectivity index (χ4n) is 2.69. The van der Waals surface area contributed by atoms with Crippen LogP contribution in [0.3, 0.4) is 0 Å². The van der Waals surface area contributed by atoms with Crippen LogP contribution in [0.15, 0.2) is 48.5 Å². The number of rotatable bonds is 8. The molecule has 0 heterocycles. The van der Waals surface area contributed by atoms with Gasteiger partial charge in [0.2, 0.25) is 5.91 Å². The van der Waals surface area contributed by atoms with E-state index in [0.29, 0.717) is 13.0 Å². The predicted molar refractivity (Wildman–Crippen MR) is 103 cm³/mol. The van der Waals surface area contributed by atoms with Gasteiger partial charge in [0.1, 0.15) is 0 Å². The van der Waals surface area contributed by atoms with Crippen LogP contribution >= 0.6 is 0 Å². The normalized spacial score (nSPS) is 10.3. The van der Waals surface area contributed by atoms with E-state index in [1.54, 1.807) is 0 Å². The van der Waals surface area contributed by atoms with E-state index in [4.69, 9.17) is 0 Å². The van der Waals surface area contributed by atoms with Gasteiger partial charge in [-0.25, -0.2) is 0 Å². The number of anilines is 3. The Bertz CT molecular complexity index is 651. The van der Waals surface area contributed by atoms with Crippen molar-refractivity contribution >= 4 is 23.0 Å². The summed E-state index contributed by atoms with van der Waals surface area (Å²) >= 11 is 0. The summed E-state index contributed by atoms with van der Waals surface area (Å²) < 4.78 is 0. The van der Waals surface area contributed by atoms with Crippen LogP contribution in [0.25, 0.3) is 0 Å². The SMILES string of the molecule is CCN(CC)c1ccc(NCCC(=O)Nc2ccccc2)c(C)c1.